The second-order valence-corrected chi connectivity index (χ2v) is 12.2. The highest BCUT2D eigenvalue weighted by Gasteiger charge is 2.47. The number of aromatic nitrogens is 5. The number of nitrogens with two attached hydrogens (primary N) is 1. The molecule has 3 N–H and O–H groups in total. The zero-order valence-electron chi connectivity index (χ0n) is 24.0. The van der Waals surface area contributed by atoms with Crippen molar-refractivity contribution in [1.29, 1.82) is 0 Å². The molecule has 5 heterocycles. The molecule has 1 amide bonds. The number of halogens is 1. The quantitative estimate of drug-likeness (QED) is 0.284. The summed E-state index contributed by atoms with van der Waals surface area (Å²) in [6.07, 6.45) is 5.36. The number of hydrogen-bond acceptors (Lipinski definition) is 7. The van der Waals surface area contributed by atoms with Crippen LogP contribution in [0.1, 0.15) is 36.0 Å². The maximum Gasteiger partial charge on any atom is 0.254 e. The lowest BCUT2D eigenvalue weighted by Gasteiger charge is -2.27. The predicted molar refractivity (Wildman–Crippen MR) is 159 cm³/mol. The van der Waals surface area contributed by atoms with Gasteiger partial charge in [-0.1, -0.05) is 0 Å². The number of pyridine rings is 2. The third kappa shape index (κ3) is 4.09. The fourth-order valence-corrected chi connectivity index (χ4v) is 7.09. The zero-order chi connectivity index (χ0) is 29.6. The molecular formula is C32H32FN7O3. The predicted octanol–water partition coefficient (Wildman–Crippen LogP) is 4.48. The lowest BCUT2D eigenvalue weighted by molar-refractivity contribution is 0.0700. The fourth-order valence-electron chi connectivity index (χ4n) is 7.09. The highest BCUT2D eigenvalue weighted by Crippen LogP contribution is 2.40. The van der Waals surface area contributed by atoms with Gasteiger partial charge in [0.25, 0.3) is 5.91 Å². The van der Waals surface area contributed by atoms with Crippen molar-refractivity contribution < 1.29 is 19.0 Å². The Hall–Kier alpha value is -4.51. The summed E-state index contributed by atoms with van der Waals surface area (Å²) in [6, 6.07) is 10.8. The molecule has 1 saturated heterocycles. The van der Waals surface area contributed by atoms with Crippen molar-refractivity contribution in [2.24, 2.45) is 24.6 Å². The molecule has 3 aliphatic rings. The van der Waals surface area contributed by atoms with E-state index in [9.17, 15) is 14.3 Å². The summed E-state index contributed by atoms with van der Waals surface area (Å²) in [6.45, 7) is 1.44. The molecule has 3 atom stereocenters. The second kappa shape index (κ2) is 9.50. The molecule has 2 unspecified atom stereocenters. The molecule has 1 aromatic carbocycles. The van der Waals surface area contributed by atoms with Gasteiger partial charge >= 0.3 is 0 Å². The van der Waals surface area contributed by atoms with Gasteiger partial charge in [-0.15, -0.1) is 0 Å². The third-order valence-corrected chi connectivity index (χ3v) is 9.53. The molecular weight excluding hydrogens is 549 g/mol. The number of likely N-dealkylation sites (tertiary alicyclic amines) is 1. The molecule has 5 aromatic rings. The summed E-state index contributed by atoms with van der Waals surface area (Å²) in [5.74, 6) is 1.32. The van der Waals surface area contributed by atoms with Crippen LogP contribution in [0.3, 0.4) is 0 Å². The molecule has 0 radical (unpaired) electrons. The number of hydrogen-bond donors (Lipinski definition) is 2. The second-order valence-electron chi connectivity index (χ2n) is 12.2. The van der Waals surface area contributed by atoms with Crippen molar-refractivity contribution in [3.8, 4) is 34.3 Å². The molecule has 43 heavy (non-hydrogen) atoms. The largest absolute Gasteiger partial charge is 0.506 e. The molecule has 2 saturated carbocycles. The Labute approximate surface area is 246 Å². The van der Waals surface area contributed by atoms with Crippen molar-refractivity contribution in [3.05, 3.63) is 54.1 Å². The third-order valence-electron chi connectivity index (χ3n) is 9.53. The van der Waals surface area contributed by atoms with Crippen LogP contribution in [-0.2, 0) is 13.6 Å². The van der Waals surface area contributed by atoms with Gasteiger partial charge in [0.15, 0.2) is 5.82 Å². The lowest BCUT2D eigenvalue weighted by Crippen LogP contribution is -2.41. The van der Waals surface area contributed by atoms with E-state index in [0.29, 0.717) is 52.4 Å². The van der Waals surface area contributed by atoms with E-state index in [-0.39, 0.29) is 29.3 Å². The first-order chi connectivity index (χ1) is 20.8. The van der Waals surface area contributed by atoms with Gasteiger partial charge in [-0.05, 0) is 73.9 Å². The van der Waals surface area contributed by atoms with Gasteiger partial charge in [-0.3, -0.25) is 4.79 Å². The van der Waals surface area contributed by atoms with Crippen molar-refractivity contribution in [2.45, 2.75) is 44.3 Å². The minimum absolute atomic E-state index is 0.0386. The van der Waals surface area contributed by atoms with Crippen LogP contribution in [0.4, 0.5) is 4.39 Å². The van der Waals surface area contributed by atoms with E-state index in [0.717, 1.165) is 55.0 Å². The number of carbonyl (C=O) groups is 1. The number of ether oxygens (including phenoxy) is 1. The molecule has 1 aliphatic heterocycles. The molecule has 2 bridgehead atoms. The standard InChI is InChI=1S/C32H32FN7O3/c1-38-28-23(9-19(11-26(28)43-2)32(42)40-15-18-6-8-24(40)27(18)34)37-31(38)25-10-17-5-7-22(21-12-20(41)13-35-29(21)33)36-30(17)39(25)14-16-3-4-16/h5,7,9-13,16,18,24,27,41H,3-4,6,8,14-15,34H2,1-2H3/t18?,24?,27-/m1/s1. The molecule has 4 aromatic heterocycles. The topological polar surface area (TPSA) is 124 Å². The minimum atomic E-state index is -0.693. The Bertz CT molecular complexity index is 1940. The monoisotopic (exact) mass is 581 g/mol. The van der Waals surface area contributed by atoms with Crippen LogP contribution < -0.4 is 10.5 Å². The Morgan fingerprint density at radius 2 is 1.98 bits per heavy atom. The van der Waals surface area contributed by atoms with E-state index in [1.807, 2.05) is 34.7 Å². The van der Waals surface area contributed by atoms with Gasteiger partial charge in [0, 0.05) is 43.2 Å². The SMILES string of the molecule is COc1cc(C(=O)N2CC3CCC2[C@@H]3N)cc2nc(-c3cc4ccc(-c5cc(O)cnc5F)nc4n3CC3CC3)n(C)c12. The minimum Gasteiger partial charge on any atom is -0.506 e. The zero-order valence-corrected chi connectivity index (χ0v) is 24.0. The number of imidazole rings is 1. The highest BCUT2D eigenvalue weighted by atomic mass is 19.1. The number of aryl methyl sites for hydroxylation is 1. The Balaban J connectivity index is 1.25. The van der Waals surface area contributed by atoms with Crippen LogP contribution in [0.15, 0.2) is 42.6 Å². The Morgan fingerprint density at radius 3 is 2.70 bits per heavy atom. The van der Waals surface area contributed by atoms with Gasteiger partial charge < -0.3 is 29.6 Å². The maximum absolute atomic E-state index is 14.6. The number of rotatable bonds is 6. The van der Waals surface area contributed by atoms with Crippen LogP contribution in [0.25, 0.3) is 44.8 Å². The summed E-state index contributed by atoms with van der Waals surface area (Å²) < 4.78 is 24.6. The van der Waals surface area contributed by atoms with E-state index >= 15 is 0 Å². The first-order valence-corrected chi connectivity index (χ1v) is 14.8. The molecule has 8 rings (SSSR count). The number of aromatic hydroxyl groups is 1. The van der Waals surface area contributed by atoms with Gasteiger partial charge in [0.2, 0.25) is 5.95 Å². The molecule has 2 aliphatic carbocycles. The number of benzene rings is 1. The van der Waals surface area contributed by atoms with Crippen LogP contribution in [0, 0.1) is 17.8 Å². The lowest BCUT2D eigenvalue weighted by atomic mass is 10.1. The van der Waals surface area contributed by atoms with Crippen LogP contribution in [0.5, 0.6) is 11.5 Å². The van der Waals surface area contributed by atoms with E-state index < -0.39 is 5.95 Å². The number of fused-ring (bicyclic) bond motifs is 4. The van der Waals surface area contributed by atoms with Crippen LogP contribution in [0.2, 0.25) is 0 Å². The Kier molecular flexibility index (Phi) is 5.78. The first-order valence-electron chi connectivity index (χ1n) is 14.8. The van der Waals surface area contributed by atoms with E-state index in [2.05, 4.69) is 9.55 Å². The summed E-state index contributed by atoms with van der Waals surface area (Å²) >= 11 is 0. The van der Waals surface area contributed by atoms with Gasteiger partial charge in [-0.2, -0.15) is 4.39 Å². The van der Waals surface area contributed by atoms with E-state index in [1.165, 1.54) is 6.07 Å². The summed E-state index contributed by atoms with van der Waals surface area (Å²) in [7, 11) is 3.55. The molecule has 11 heteroatoms. The van der Waals surface area contributed by atoms with E-state index in [1.54, 1.807) is 19.2 Å². The molecule has 10 nitrogen and oxygen atoms in total. The van der Waals surface area contributed by atoms with Gasteiger partial charge in [0.05, 0.1) is 35.8 Å². The summed E-state index contributed by atoms with van der Waals surface area (Å²) in [5.41, 5.74) is 10.5. The van der Waals surface area contributed by atoms with Crippen LogP contribution >= 0.6 is 0 Å². The van der Waals surface area contributed by atoms with Crippen molar-refractivity contribution in [2.75, 3.05) is 13.7 Å². The van der Waals surface area contributed by atoms with Crippen molar-refractivity contribution >= 4 is 28.0 Å². The Morgan fingerprint density at radius 1 is 1.14 bits per heavy atom. The van der Waals surface area contributed by atoms with Gasteiger partial charge in [0.1, 0.15) is 22.7 Å². The van der Waals surface area contributed by atoms with Crippen LogP contribution in [-0.4, -0.2) is 65.7 Å². The fraction of sp³-hybridized carbons (Fsp3) is 0.375. The molecule has 220 valence electrons. The van der Waals surface area contributed by atoms with Crippen molar-refractivity contribution in [3.63, 3.8) is 0 Å². The van der Waals surface area contributed by atoms with Crippen molar-refractivity contribution in [1.82, 2.24) is 29.0 Å². The molecule has 0 spiro atoms. The summed E-state index contributed by atoms with van der Waals surface area (Å²) in [5, 5.41) is 10.8. The summed E-state index contributed by atoms with van der Waals surface area (Å²) in [4.78, 5) is 29.1. The molecule has 3 fully saturated rings. The average Bonchev–Trinajstić information content (AvgIpc) is 3.41. The smallest absolute Gasteiger partial charge is 0.254 e. The number of piperidine rings is 1. The first kappa shape index (κ1) is 26.1. The average molecular weight is 582 g/mol. The highest BCUT2D eigenvalue weighted by molar-refractivity contribution is 6.00. The number of carbonyl (C=O) groups excluding carboxylic acids is 1. The maximum atomic E-state index is 14.6. The van der Waals surface area contributed by atoms with E-state index in [4.69, 9.17) is 20.4 Å². The number of amides is 1. The number of methoxy groups -OCH3 is 1. The number of nitrogens with zero attached hydrogens (tertiary/aromatic N) is 6. The normalized spacial score (nSPS) is 21.4. The van der Waals surface area contributed by atoms with Gasteiger partial charge in [-0.25, -0.2) is 15.0 Å².